The zero-order chi connectivity index (χ0) is 12.8. The van der Waals surface area contributed by atoms with Crippen LogP contribution in [0.4, 0.5) is 5.69 Å². The maximum Gasteiger partial charge on any atom is 0.328 e. The third kappa shape index (κ3) is 4.21. The van der Waals surface area contributed by atoms with E-state index in [1.165, 1.54) is 12.2 Å². The summed E-state index contributed by atoms with van der Waals surface area (Å²) in [6.45, 7) is 0. The molecule has 1 rings (SSSR count). The average Bonchev–Trinajstić information content (AvgIpc) is 2.26. The summed E-state index contributed by atoms with van der Waals surface area (Å²) in [7, 11) is 0. The number of carboxylic acid groups (broad SMARTS) is 2. The molecule has 0 amide bonds. The second kappa shape index (κ2) is 5.50. The Balaban J connectivity index is 3.02. The number of benzene rings is 1. The Morgan fingerprint density at radius 1 is 1.06 bits per heavy atom. The molecule has 0 spiro atoms. The molecule has 17 heavy (non-hydrogen) atoms. The van der Waals surface area contributed by atoms with Crippen LogP contribution in [0.1, 0.15) is 11.1 Å². The first-order valence-corrected chi connectivity index (χ1v) is 4.70. The van der Waals surface area contributed by atoms with Crippen molar-refractivity contribution in [1.82, 2.24) is 0 Å². The fourth-order valence-electron chi connectivity index (χ4n) is 1.17. The molecule has 5 nitrogen and oxygen atoms in total. The third-order valence-corrected chi connectivity index (χ3v) is 1.93. The molecular weight excluding hydrogens is 222 g/mol. The van der Waals surface area contributed by atoms with Crippen LogP contribution in [-0.2, 0) is 9.59 Å². The first kappa shape index (κ1) is 12.5. The quantitative estimate of drug-likeness (QED) is 0.540. The summed E-state index contributed by atoms with van der Waals surface area (Å²) in [6, 6.07) is 4.84. The summed E-state index contributed by atoms with van der Waals surface area (Å²) in [5, 5.41) is 17.0. The van der Waals surface area contributed by atoms with Gasteiger partial charge in [-0.25, -0.2) is 9.59 Å². The number of aliphatic carboxylic acids is 2. The van der Waals surface area contributed by atoms with Gasteiger partial charge in [-0.3, -0.25) is 0 Å². The first-order valence-electron chi connectivity index (χ1n) is 4.70. The van der Waals surface area contributed by atoms with Crippen LogP contribution in [0.3, 0.4) is 0 Å². The van der Waals surface area contributed by atoms with Crippen LogP contribution < -0.4 is 5.73 Å². The van der Waals surface area contributed by atoms with E-state index in [-0.39, 0.29) is 0 Å². The van der Waals surface area contributed by atoms with Gasteiger partial charge < -0.3 is 15.9 Å². The van der Waals surface area contributed by atoms with E-state index in [0.717, 1.165) is 12.2 Å². The minimum Gasteiger partial charge on any atom is -0.478 e. The van der Waals surface area contributed by atoms with Gasteiger partial charge in [0.05, 0.1) is 0 Å². The Hall–Kier alpha value is -2.56. The van der Waals surface area contributed by atoms with Crippen LogP contribution in [0.2, 0.25) is 0 Å². The van der Waals surface area contributed by atoms with E-state index < -0.39 is 11.9 Å². The van der Waals surface area contributed by atoms with Crippen LogP contribution >= 0.6 is 0 Å². The van der Waals surface area contributed by atoms with E-state index in [2.05, 4.69) is 0 Å². The lowest BCUT2D eigenvalue weighted by molar-refractivity contribution is -0.132. The van der Waals surface area contributed by atoms with Crippen molar-refractivity contribution >= 4 is 29.8 Å². The van der Waals surface area contributed by atoms with Crippen LogP contribution in [-0.4, -0.2) is 22.2 Å². The molecule has 4 N–H and O–H groups in total. The highest BCUT2D eigenvalue weighted by Gasteiger charge is 1.98. The van der Waals surface area contributed by atoms with Crippen molar-refractivity contribution in [3.8, 4) is 0 Å². The lowest BCUT2D eigenvalue weighted by Gasteiger charge is -2.01. The highest BCUT2D eigenvalue weighted by atomic mass is 16.4. The molecule has 88 valence electrons. The second-order valence-electron chi connectivity index (χ2n) is 3.23. The van der Waals surface area contributed by atoms with Crippen molar-refractivity contribution in [1.29, 1.82) is 0 Å². The zero-order valence-corrected chi connectivity index (χ0v) is 8.83. The van der Waals surface area contributed by atoms with Gasteiger partial charge in [-0.05, 0) is 35.4 Å². The Labute approximate surface area is 97.5 Å². The predicted octanol–water partition coefficient (Wildman–Crippen LogP) is 1.46. The fourth-order valence-corrected chi connectivity index (χ4v) is 1.17. The van der Waals surface area contributed by atoms with E-state index in [0.29, 0.717) is 16.8 Å². The Kier molecular flexibility index (Phi) is 4.05. The van der Waals surface area contributed by atoms with Crippen LogP contribution in [0.25, 0.3) is 12.2 Å². The smallest absolute Gasteiger partial charge is 0.328 e. The zero-order valence-electron chi connectivity index (χ0n) is 8.83. The lowest BCUT2D eigenvalue weighted by atomic mass is 10.1. The van der Waals surface area contributed by atoms with Crippen molar-refractivity contribution in [3.05, 3.63) is 41.5 Å². The molecule has 0 fully saturated rings. The number of hydrogen-bond donors (Lipinski definition) is 3. The van der Waals surface area contributed by atoms with E-state index in [1.54, 1.807) is 18.2 Å². The molecule has 0 radical (unpaired) electrons. The number of carboxylic acids is 2. The van der Waals surface area contributed by atoms with Crippen molar-refractivity contribution in [2.24, 2.45) is 0 Å². The van der Waals surface area contributed by atoms with Gasteiger partial charge in [-0.1, -0.05) is 6.07 Å². The van der Waals surface area contributed by atoms with Gasteiger partial charge in [0.25, 0.3) is 0 Å². The van der Waals surface area contributed by atoms with Gasteiger partial charge in [0.1, 0.15) is 0 Å². The number of rotatable bonds is 4. The van der Waals surface area contributed by atoms with E-state index in [9.17, 15) is 9.59 Å². The molecule has 0 heterocycles. The summed E-state index contributed by atoms with van der Waals surface area (Å²) >= 11 is 0. The van der Waals surface area contributed by atoms with Gasteiger partial charge in [0.15, 0.2) is 0 Å². The highest BCUT2D eigenvalue weighted by Crippen LogP contribution is 2.16. The number of nitrogens with two attached hydrogens (primary N) is 1. The molecule has 0 aliphatic heterocycles. The molecular formula is C12H11NO4. The first-order chi connectivity index (χ1) is 7.99. The molecule has 0 aliphatic carbocycles. The molecule has 0 saturated heterocycles. The Morgan fingerprint density at radius 3 is 2.24 bits per heavy atom. The summed E-state index contributed by atoms with van der Waals surface area (Å²) in [5.74, 6) is -2.12. The predicted molar refractivity (Wildman–Crippen MR) is 64.2 cm³/mol. The standard InChI is InChI=1S/C12H11NO4/c13-10-4-1-8(2-5-11(14)15)7-9(10)3-6-12(16)17/h1-7H,13H2,(H,14,15)(H,16,17)/b5-2+,6-3+. The van der Waals surface area contributed by atoms with Crippen molar-refractivity contribution in [2.45, 2.75) is 0 Å². The number of nitrogen functional groups attached to an aromatic ring is 1. The highest BCUT2D eigenvalue weighted by molar-refractivity contribution is 5.88. The average molecular weight is 233 g/mol. The monoisotopic (exact) mass is 233 g/mol. The van der Waals surface area contributed by atoms with E-state index >= 15 is 0 Å². The van der Waals surface area contributed by atoms with Crippen LogP contribution in [0.5, 0.6) is 0 Å². The molecule has 0 saturated carbocycles. The summed E-state index contributed by atoms with van der Waals surface area (Å²) in [5.41, 5.74) is 7.23. The Bertz CT molecular complexity index is 503. The largest absolute Gasteiger partial charge is 0.478 e. The molecule has 0 unspecified atom stereocenters. The van der Waals surface area contributed by atoms with Gasteiger partial charge in [-0.15, -0.1) is 0 Å². The maximum absolute atomic E-state index is 10.4. The fraction of sp³-hybridized carbons (Fsp3) is 0. The molecule has 0 aliphatic rings. The SMILES string of the molecule is Nc1ccc(/C=C/C(=O)O)cc1/C=C/C(=O)O. The van der Waals surface area contributed by atoms with E-state index in [4.69, 9.17) is 15.9 Å². The van der Waals surface area contributed by atoms with Crippen LogP contribution in [0, 0.1) is 0 Å². The van der Waals surface area contributed by atoms with Crippen molar-refractivity contribution in [2.75, 3.05) is 5.73 Å². The van der Waals surface area contributed by atoms with Gasteiger partial charge in [-0.2, -0.15) is 0 Å². The van der Waals surface area contributed by atoms with Crippen molar-refractivity contribution in [3.63, 3.8) is 0 Å². The summed E-state index contributed by atoms with van der Waals surface area (Å²) in [4.78, 5) is 20.7. The molecule has 1 aromatic rings. The molecule has 5 heteroatoms. The second-order valence-corrected chi connectivity index (χ2v) is 3.23. The third-order valence-electron chi connectivity index (χ3n) is 1.93. The molecule has 1 aromatic carbocycles. The molecule has 0 atom stereocenters. The summed E-state index contributed by atoms with van der Waals surface area (Å²) in [6.07, 6.45) is 4.72. The van der Waals surface area contributed by atoms with Gasteiger partial charge in [0, 0.05) is 17.8 Å². The van der Waals surface area contributed by atoms with E-state index in [1.807, 2.05) is 0 Å². The minimum absolute atomic E-state index is 0.426. The minimum atomic E-state index is -1.07. The van der Waals surface area contributed by atoms with Gasteiger partial charge >= 0.3 is 11.9 Å². The maximum atomic E-state index is 10.4. The number of hydrogen-bond acceptors (Lipinski definition) is 3. The number of anilines is 1. The van der Waals surface area contributed by atoms with Gasteiger partial charge in [0.2, 0.25) is 0 Å². The van der Waals surface area contributed by atoms with Crippen LogP contribution in [0.15, 0.2) is 30.4 Å². The number of carbonyl (C=O) groups is 2. The Morgan fingerprint density at radius 2 is 1.65 bits per heavy atom. The topological polar surface area (TPSA) is 101 Å². The lowest BCUT2D eigenvalue weighted by Crippen LogP contribution is -1.92. The van der Waals surface area contributed by atoms with Crippen molar-refractivity contribution < 1.29 is 19.8 Å². The normalized spacial score (nSPS) is 11.1. The molecule has 0 bridgehead atoms. The molecule has 0 aromatic heterocycles. The summed E-state index contributed by atoms with van der Waals surface area (Å²) < 4.78 is 0.